The van der Waals surface area contributed by atoms with Gasteiger partial charge in [-0.25, -0.2) is 0 Å². The SMILES string of the molecule is CCOCCCNC(N)=NCC1(CO)CC1.I. The molecule has 0 atom stereocenters. The Hall–Kier alpha value is -0.0800. The minimum atomic E-state index is 0. The zero-order valence-corrected chi connectivity index (χ0v) is 12.8. The fourth-order valence-electron chi connectivity index (χ4n) is 1.39. The number of hydrogen-bond acceptors (Lipinski definition) is 3. The lowest BCUT2D eigenvalue weighted by atomic mass is 10.1. The van der Waals surface area contributed by atoms with Gasteiger partial charge in [-0.15, -0.1) is 24.0 Å². The Bertz CT molecular complexity index is 233. The maximum atomic E-state index is 9.10. The summed E-state index contributed by atoms with van der Waals surface area (Å²) in [4.78, 5) is 4.23. The van der Waals surface area contributed by atoms with Crippen molar-refractivity contribution in [2.75, 3.05) is 32.9 Å². The van der Waals surface area contributed by atoms with Crippen molar-refractivity contribution < 1.29 is 9.84 Å². The molecule has 0 aromatic carbocycles. The van der Waals surface area contributed by atoms with Crippen molar-refractivity contribution in [3.63, 3.8) is 0 Å². The van der Waals surface area contributed by atoms with E-state index in [1.165, 1.54) is 0 Å². The topological polar surface area (TPSA) is 79.9 Å². The van der Waals surface area contributed by atoms with Crippen LogP contribution in [0, 0.1) is 5.41 Å². The molecule has 0 radical (unpaired) electrons. The predicted molar refractivity (Wildman–Crippen MR) is 79.8 cm³/mol. The summed E-state index contributed by atoms with van der Waals surface area (Å²) in [5.74, 6) is 0.469. The van der Waals surface area contributed by atoms with E-state index in [0.717, 1.165) is 39.0 Å². The van der Waals surface area contributed by atoms with E-state index in [2.05, 4.69) is 10.3 Å². The van der Waals surface area contributed by atoms with E-state index < -0.39 is 0 Å². The van der Waals surface area contributed by atoms with Crippen LogP contribution in [0.15, 0.2) is 4.99 Å². The number of aliphatic hydroxyl groups is 1. The number of nitrogens with one attached hydrogen (secondary N) is 1. The number of aliphatic imine (C=N–C) groups is 1. The third-order valence-corrected chi connectivity index (χ3v) is 2.85. The van der Waals surface area contributed by atoms with Crippen LogP contribution in [0.2, 0.25) is 0 Å². The minimum Gasteiger partial charge on any atom is -0.396 e. The fourth-order valence-corrected chi connectivity index (χ4v) is 1.39. The highest BCUT2D eigenvalue weighted by molar-refractivity contribution is 14.0. The molecule has 0 aliphatic heterocycles. The molecule has 0 heterocycles. The van der Waals surface area contributed by atoms with Crippen molar-refractivity contribution in [1.29, 1.82) is 0 Å². The van der Waals surface area contributed by atoms with E-state index in [4.69, 9.17) is 15.6 Å². The number of aliphatic hydroxyl groups excluding tert-OH is 1. The molecule has 0 aromatic heterocycles. The lowest BCUT2D eigenvalue weighted by Gasteiger charge is -2.09. The highest BCUT2D eigenvalue weighted by Crippen LogP contribution is 2.45. The fraction of sp³-hybridized carbons (Fsp3) is 0.909. The lowest BCUT2D eigenvalue weighted by Crippen LogP contribution is -2.33. The molecular formula is C11H24IN3O2. The van der Waals surface area contributed by atoms with Crippen molar-refractivity contribution in [2.45, 2.75) is 26.2 Å². The Kier molecular flexibility index (Phi) is 8.89. The second-order valence-corrected chi connectivity index (χ2v) is 4.34. The summed E-state index contributed by atoms with van der Waals surface area (Å²) >= 11 is 0. The maximum Gasteiger partial charge on any atom is 0.188 e. The summed E-state index contributed by atoms with van der Waals surface area (Å²) in [6.07, 6.45) is 3.05. The third-order valence-electron chi connectivity index (χ3n) is 2.85. The Morgan fingerprint density at radius 3 is 2.76 bits per heavy atom. The van der Waals surface area contributed by atoms with Gasteiger partial charge >= 0.3 is 0 Å². The first-order valence-electron chi connectivity index (χ1n) is 5.95. The molecule has 1 aliphatic rings. The third kappa shape index (κ3) is 7.05. The number of hydrogen-bond donors (Lipinski definition) is 3. The first-order valence-corrected chi connectivity index (χ1v) is 5.95. The Labute approximate surface area is 120 Å². The number of nitrogens with two attached hydrogens (primary N) is 1. The molecule has 1 saturated carbocycles. The molecule has 0 unspecified atom stereocenters. The normalized spacial score (nSPS) is 17.4. The van der Waals surface area contributed by atoms with Gasteiger partial charge in [-0.3, -0.25) is 4.99 Å². The van der Waals surface area contributed by atoms with Crippen LogP contribution < -0.4 is 11.1 Å². The van der Waals surface area contributed by atoms with Gasteiger partial charge < -0.3 is 20.9 Å². The van der Waals surface area contributed by atoms with Crippen molar-refractivity contribution in [1.82, 2.24) is 5.32 Å². The van der Waals surface area contributed by atoms with Crippen LogP contribution in [0.5, 0.6) is 0 Å². The average molecular weight is 357 g/mol. The number of nitrogens with zero attached hydrogens (tertiary/aromatic N) is 1. The van der Waals surface area contributed by atoms with Gasteiger partial charge in [0.25, 0.3) is 0 Å². The summed E-state index contributed by atoms with van der Waals surface area (Å²) in [6.45, 7) is 5.11. The van der Waals surface area contributed by atoms with Crippen LogP contribution in [-0.2, 0) is 4.74 Å². The van der Waals surface area contributed by atoms with E-state index in [-0.39, 0.29) is 36.0 Å². The second-order valence-electron chi connectivity index (χ2n) is 4.34. The molecule has 0 bridgehead atoms. The summed E-state index contributed by atoms with van der Waals surface area (Å²) in [5.41, 5.74) is 5.73. The molecule has 1 fully saturated rings. The average Bonchev–Trinajstić information content (AvgIpc) is 3.07. The second kappa shape index (κ2) is 8.93. The van der Waals surface area contributed by atoms with Crippen LogP contribution in [0.1, 0.15) is 26.2 Å². The number of rotatable bonds is 8. The molecule has 6 heteroatoms. The Morgan fingerprint density at radius 2 is 2.24 bits per heavy atom. The Balaban J connectivity index is 0.00000256. The van der Waals surface area contributed by atoms with E-state index in [1.54, 1.807) is 0 Å². The van der Waals surface area contributed by atoms with Gasteiger partial charge in [0.1, 0.15) is 0 Å². The molecule has 1 aliphatic carbocycles. The molecule has 5 nitrogen and oxygen atoms in total. The van der Waals surface area contributed by atoms with Crippen molar-refractivity contribution >= 4 is 29.9 Å². The first-order chi connectivity index (χ1) is 7.72. The summed E-state index contributed by atoms with van der Waals surface area (Å²) in [7, 11) is 0. The summed E-state index contributed by atoms with van der Waals surface area (Å²) in [6, 6.07) is 0. The number of halogens is 1. The first kappa shape index (κ1) is 16.9. The zero-order chi connectivity index (χ0) is 11.9. The van der Waals surface area contributed by atoms with Crippen molar-refractivity contribution in [2.24, 2.45) is 16.1 Å². The molecular weight excluding hydrogens is 333 g/mol. The van der Waals surface area contributed by atoms with Crippen molar-refractivity contribution in [3.8, 4) is 0 Å². The number of guanidine groups is 1. The van der Waals surface area contributed by atoms with Crippen LogP contribution in [0.4, 0.5) is 0 Å². The lowest BCUT2D eigenvalue weighted by molar-refractivity contribution is 0.145. The largest absolute Gasteiger partial charge is 0.396 e. The van der Waals surface area contributed by atoms with Gasteiger partial charge in [0.05, 0.1) is 13.2 Å². The molecule has 0 aromatic rings. The highest BCUT2D eigenvalue weighted by atomic mass is 127. The summed E-state index contributed by atoms with van der Waals surface area (Å²) in [5, 5.41) is 12.1. The van der Waals surface area contributed by atoms with Gasteiger partial charge in [-0.1, -0.05) is 0 Å². The molecule has 1 rings (SSSR count). The Morgan fingerprint density at radius 1 is 1.53 bits per heavy atom. The van der Waals surface area contributed by atoms with Gasteiger partial charge in [0, 0.05) is 25.2 Å². The van der Waals surface area contributed by atoms with Crippen LogP contribution in [-0.4, -0.2) is 44.0 Å². The van der Waals surface area contributed by atoms with Crippen LogP contribution >= 0.6 is 24.0 Å². The number of ether oxygens (including phenoxy) is 1. The smallest absolute Gasteiger partial charge is 0.188 e. The summed E-state index contributed by atoms with van der Waals surface area (Å²) < 4.78 is 5.20. The van der Waals surface area contributed by atoms with Gasteiger partial charge in [0.15, 0.2) is 5.96 Å². The van der Waals surface area contributed by atoms with Crippen LogP contribution in [0.3, 0.4) is 0 Å². The monoisotopic (exact) mass is 357 g/mol. The van der Waals surface area contributed by atoms with Gasteiger partial charge in [-0.2, -0.15) is 0 Å². The van der Waals surface area contributed by atoms with Gasteiger partial charge in [0.2, 0.25) is 0 Å². The molecule has 102 valence electrons. The standard InChI is InChI=1S/C11H23N3O2.HI/c1-2-16-7-3-6-13-10(12)14-8-11(9-15)4-5-11;/h15H,2-9H2,1H3,(H3,12,13,14);1H. The molecule has 4 N–H and O–H groups in total. The maximum absolute atomic E-state index is 9.10. The van der Waals surface area contributed by atoms with E-state index in [0.29, 0.717) is 12.5 Å². The van der Waals surface area contributed by atoms with E-state index in [9.17, 15) is 0 Å². The zero-order valence-electron chi connectivity index (χ0n) is 10.4. The molecule has 0 amide bonds. The minimum absolute atomic E-state index is 0. The van der Waals surface area contributed by atoms with E-state index in [1.807, 2.05) is 6.92 Å². The van der Waals surface area contributed by atoms with E-state index >= 15 is 0 Å². The highest BCUT2D eigenvalue weighted by Gasteiger charge is 2.41. The predicted octanol–water partition coefficient (Wildman–Crippen LogP) is 0.708. The quantitative estimate of drug-likeness (QED) is 0.259. The molecule has 0 saturated heterocycles. The van der Waals surface area contributed by atoms with Crippen molar-refractivity contribution in [3.05, 3.63) is 0 Å². The molecule has 17 heavy (non-hydrogen) atoms. The van der Waals surface area contributed by atoms with Gasteiger partial charge in [-0.05, 0) is 26.2 Å². The molecule has 0 spiro atoms. The van der Waals surface area contributed by atoms with Crippen LogP contribution in [0.25, 0.3) is 0 Å².